The molecule has 3 aromatic heterocycles. The van der Waals surface area contributed by atoms with E-state index in [1.54, 1.807) is 25.1 Å². The lowest BCUT2D eigenvalue weighted by Crippen LogP contribution is -2.35. The van der Waals surface area contributed by atoms with E-state index in [4.69, 9.17) is 15.0 Å². The average Bonchev–Trinajstić information content (AvgIpc) is 3.41. The van der Waals surface area contributed by atoms with Crippen molar-refractivity contribution in [3.8, 4) is 17.0 Å². The number of aryl methyl sites for hydroxylation is 2. The van der Waals surface area contributed by atoms with Crippen LogP contribution in [0.3, 0.4) is 0 Å². The van der Waals surface area contributed by atoms with Crippen LogP contribution in [0.15, 0.2) is 53.2 Å². The van der Waals surface area contributed by atoms with Gasteiger partial charge in [0.15, 0.2) is 11.6 Å². The number of fused-ring (bicyclic) bond motifs is 1. The molecule has 12 heteroatoms. The van der Waals surface area contributed by atoms with Gasteiger partial charge in [0.2, 0.25) is 0 Å². The first-order valence-corrected chi connectivity index (χ1v) is 13.2. The van der Waals surface area contributed by atoms with E-state index < -0.39 is 29.0 Å². The standard InChI is InChI=1S/C30H26F2N6O4/c1-15-12-22(41-3)21(28(40)35-30(9-10-30)29-34-16(2)37-42-29)14-19(15)13-18-8-11-38-26(24(18)32)23(27(33)39)25(36-38)17-4-6-20(31)7-5-17/h4-8,11-12,14H,9-10,13H2,1-3H3,(H2,33,39)(H,35,40). The van der Waals surface area contributed by atoms with E-state index in [-0.39, 0.29) is 34.3 Å². The molecule has 1 fully saturated rings. The van der Waals surface area contributed by atoms with Crippen molar-refractivity contribution in [3.63, 3.8) is 0 Å². The zero-order chi connectivity index (χ0) is 29.8. The van der Waals surface area contributed by atoms with Gasteiger partial charge < -0.3 is 20.3 Å². The van der Waals surface area contributed by atoms with Crippen LogP contribution < -0.4 is 15.8 Å². The molecule has 0 unspecified atom stereocenters. The maximum absolute atomic E-state index is 16.1. The summed E-state index contributed by atoms with van der Waals surface area (Å²) >= 11 is 0. The second-order valence-corrected chi connectivity index (χ2v) is 10.4. The van der Waals surface area contributed by atoms with E-state index in [9.17, 15) is 14.0 Å². The molecule has 3 N–H and O–H groups in total. The molecule has 42 heavy (non-hydrogen) atoms. The monoisotopic (exact) mass is 572 g/mol. The third-order valence-electron chi connectivity index (χ3n) is 7.50. The first-order chi connectivity index (χ1) is 20.1. The number of nitrogens with zero attached hydrogens (tertiary/aromatic N) is 4. The maximum Gasteiger partial charge on any atom is 0.255 e. The Hall–Kier alpha value is -5.13. The lowest BCUT2D eigenvalue weighted by Gasteiger charge is -2.17. The fourth-order valence-corrected chi connectivity index (χ4v) is 5.08. The molecule has 0 radical (unpaired) electrons. The molecular formula is C30H26F2N6O4. The minimum Gasteiger partial charge on any atom is -0.496 e. The first-order valence-electron chi connectivity index (χ1n) is 13.2. The molecule has 1 aliphatic carbocycles. The van der Waals surface area contributed by atoms with Gasteiger partial charge in [-0.2, -0.15) is 10.1 Å². The van der Waals surface area contributed by atoms with E-state index in [2.05, 4.69) is 20.6 Å². The number of ether oxygens (including phenoxy) is 1. The van der Waals surface area contributed by atoms with Crippen LogP contribution in [0.1, 0.15) is 62.0 Å². The second-order valence-electron chi connectivity index (χ2n) is 10.4. The van der Waals surface area contributed by atoms with Crippen molar-refractivity contribution in [3.05, 3.63) is 99.8 Å². The minimum absolute atomic E-state index is 0.0889. The van der Waals surface area contributed by atoms with E-state index in [1.165, 1.54) is 42.1 Å². The van der Waals surface area contributed by atoms with Gasteiger partial charge in [-0.15, -0.1) is 0 Å². The van der Waals surface area contributed by atoms with Crippen molar-refractivity contribution in [1.82, 2.24) is 25.1 Å². The molecular weight excluding hydrogens is 546 g/mol. The number of halogens is 2. The Morgan fingerprint density at radius 1 is 1.12 bits per heavy atom. The van der Waals surface area contributed by atoms with Gasteiger partial charge in [-0.3, -0.25) is 9.59 Å². The van der Waals surface area contributed by atoms with Crippen molar-refractivity contribution in [2.75, 3.05) is 7.11 Å². The second kappa shape index (κ2) is 10.1. The van der Waals surface area contributed by atoms with Crippen LogP contribution >= 0.6 is 0 Å². The molecule has 0 aliphatic heterocycles. The largest absolute Gasteiger partial charge is 0.496 e. The predicted molar refractivity (Wildman–Crippen MR) is 147 cm³/mol. The highest BCUT2D eigenvalue weighted by Gasteiger charge is 2.51. The zero-order valence-corrected chi connectivity index (χ0v) is 23.0. The number of pyridine rings is 1. The molecule has 0 spiro atoms. The van der Waals surface area contributed by atoms with Crippen molar-refractivity contribution < 1.29 is 27.6 Å². The third kappa shape index (κ3) is 4.64. The van der Waals surface area contributed by atoms with Crippen LogP contribution in [-0.4, -0.2) is 38.7 Å². The highest BCUT2D eigenvalue weighted by atomic mass is 19.1. The molecule has 0 saturated heterocycles. The molecule has 3 heterocycles. The Morgan fingerprint density at radius 3 is 2.48 bits per heavy atom. The smallest absolute Gasteiger partial charge is 0.255 e. The lowest BCUT2D eigenvalue weighted by atomic mass is 9.96. The summed E-state index contributed by atoms with van der Waals surface area (Å²) in [6.45, 7) is 3.54. The number of rotatable bonds is 8. The van der Waals surface area contributed by atoms with E-state index in [0.29, 0.717) is 41.4 Å². The number of nitrogens with one attached hydrogen (secondary N) is 1. The van der Waals surface area contributed by atoms with Gasteiger partial charge in [-0.25, -0.2) is 13.3 Å². The van der Waals surface area contributed by atoms with Gasteiger partial charge in [0.25, 0.3) is 17.7 Å². The number of aromatic nitrogens is 4. The molecule has 1 saturated carbocycles. The number of methoxy groups -OCH3 is 1. The molecule has 10 nitrogen and oxygen atoms in total. The quantitative estimate of drug-likeness (QED) is 0.281. The SMILES string of the molecule is COc1cc(C)c(Cc2ccn3nc(-c4ccc(F)cc4)c(C(N)=O)c3c2F)cc1C(=O)NC1(c2nc(C)no2)CC1. The highest BCUT2D eigenvalue weighted by molar-refractivity contribution is 6.05. The summed E-state index contributed by atoms with van der Waals surface area (Å²) in [6, 6.07) is 10.3. The number of primary amides is 1. The molecule has 2 amide bonds. The molecule has 2 aromatic carbocycles. The van der Waals surface area contributed by atoms with E-state index in [0.717, 1.165) is 5.56 Å². The number of benzene rings is 2. The fourth-order valence-electron chi connectivity index (χ4n) is 5.08. The van der Waals surface area contributed by atoms with Crippen molar-refractivity contribution in [2.24, 2.45) is 5.73 Å². The van der Waals surface area contributed by atoms with Crippen molar-refractivity contribution >= 4 is 17.3 Å². The molecule has 214 valence electrons. The number of hydrogen-bond donors (Lipinski definition) is 2. The summed E-state index contributed by atoms with van der Waals surface area (Å²) < 4.78 is 41.6. The average molecular weight is 573 g/mol. The molecule has 0 atom stereocenters. The number of carbonyl (C=O) groups is 2. The Morgan fingerprint density at radius 2 is 1.86 bits per heavy atom. The number of hydrogen-bond acceptors (Lipinski definition) is 7. The molecule has 6 rings (SSSR count). The van der Waals surface area contributed by atoms with Gasteiger partial charge >= 0.3 is 0 Å². The van der Waals surface area contributed by atoms with Gasteiger partial charge in [0.1, 0.15) is 28.3 Å². The van der Waals surface area contributed by atoms with E-state index in [1.807, 2.05) is 6.92 Å². The summed E-state index contributed by atoms with van der Waals surface area (Å²) in [6.07, 6.45) is 2.94. The van der Waals surface area contributed by atoms with Gasteiger partial charge in [-0.05, 0) is 85.8 Å². The van der Waals surface area contributed by atoms with Gasteiger partial charge in [0, 0.05) is 18.2 Å². The Balaban J connectivity index is 1.37. The highest BCUT2D eigenvalue weighted by Crippen LogP contribution is 2.45. The molecule has 5 aromatic rings. The van der Waals surface area contributed by atoms with Crippen LogP contribution in [-0.2, 0) is 12.0 Å². The summed E-state index contributed by atoms with van der Waals surface area (Å²) in [5.41, 5.74) is 7.25. The number of carbonyl (C=O) groups excluding carboxylic acids is 2. The van der Waals surface area contributed by atoms with Gasteiger partial charge in [0.05, 0.1) is 18.2 Å². The van der Waals surface area contributed by atoms with E-state index >= 15 is 4.39 Å². The van der Waals surface area contributed by atoms with Crippen LogP contribution in [0.5, 0.6) is 5.75 Å². The summed E-state index contributed by atoms with van der Waals surface area (Å²) in [7, 11) is 1.47. The number of amides is 2. The minimum atomic E-state index is -0.870. The van der Waals surface area contributed by atoms with Crippen LogP contribution in [0.2, 0.25) is 0 Å². The lowest BCUT2D eigenvalue weighted by molar-refractivity contribution is 0.0916. The zero-order valence-electron chi connectivity index (χ0n) is 23.0. The van der Waals surface area contributed by atoms with Crippen LogP contribution in [0.4, 0.5) is 8.78 Å². The summed E-state index contributed by atoms with van der Waals surface area (Å²) in [4.78, 5) is 30.2. The molecule has 1 aliphatic rings. The van der Waals surface area contributed by atoms with Crippen molar-refractivity contribution in [2.45, 2.75) is 38.6 Å². The van der Waals surface area contributed by atoms with Crippen LogP contribution in [0.25, 0.3) is 16.8 Å². The fraction of sp³-hybridized carbons (Fsp3) is 0.233. The normalized spacial score (nSPS) is 13.7. The summed E-state index contributed by atoms with van der Waals surface area (Å²) in [5.74, 6) is -1.23. The summed E-state index contributed by atoms with van der Waals surface area (Å²) in [5, 5.41) is 11.2. The van der Waals surface area contributed by atoms with Crippen LogP contribution in [0, 0.1) is 25.5 Å². The Labute approximate surface area is 238 Å². The Kier molecular flexibility index (Phi) is 6.48. The maximum atomic E-state index is 16.1. The third-order valence-corrected chi connectivity index (χ3v) is 7.50. The Bertz CT molecular complexity index is 1880. The first kappa shape index (κ1) is 27.1. The predicted octanol–water partition coefficient (Wildman–Crippen LogP) is 4.40. The van der Waals surface area contributed by atoms with Gasteiger partial charge in [-0.1, -0.05) is 5.16 Å². The number of nitrogens with two attached hydrogens (primary N) is 1. The topological polar surface area (TPSA) is 138 Å². The van der Waals surface area contributed by atoms with Crippen molar-refractivity contribution in [1.29, 1.82) is 0 Å². The molecule has 0 bridgehead atoms.